The highest BCUT2D eigenvalue weighted by Crippen LogP contribution is 2.38. The average Bonchev–Trinajstić information content (AvgIpc) is 2.79. The first kappa shape index (κ1) is 11.5. The Bertz CT molecular complexity index is 557. The van der Waals surface area contributed by atoms with Crippen LogP contribution in [0.5, 0.6) is 0 Å². The van der Waals surface area contributed by atoms with Gasteiger partial charge in [-0.05, 0) is 40.7 Å². The minimum absolute atomic E-state index is 0.741. The zero-order chi connectivity index (χ0) is 12.4. The monoisotopic (exact) mass is 238 g/mol. The zero-order valence-electron chi connectivity index (χ0n) is 10.8. The Balaban J connectivity index is 1.93. The van der Waals surface area contributed by atoms with Crippen molar-refractivity contribution in [2.75, 3.05) is 6.61 Å². The smallest absolute Gasteiger partial charge is 0.0719 e. The van der Waals surface area contributed by atoms with E-state index >= 15 is 0 Å². The molecule has 0 fully saturated rings. The highest BCUT2D eigenvalue weighted by Gasteiger charge is 2.19. The quantitative estimate of drug-likeness (QED) is 0.619. The van der Waals surface area contributed by atoms with Crippen LogP contribution in [0, 0.1) is 0 Å². The van der Waals surface area contributed by atoms with E-state index in [4.69, 9.17) is 4.74 Å². The molecule has 0 aromatic heterocycles. The highest BCUT2D eigenvalue weighted by atomic mass is 16.5. The number of benzene rings is 2. The van der Waals surface area contributed by atoms with E-state index in [9.17, 15) is 0 Å². The molecule has 1 aliphatic rings. The van der Waals surface area contributed by atoms with Crippen LogP contribution in [0.1, 0.15) is 30.0 Å². The standard InChI is InChI=1S/C17H18O/c1-2-10-18-12-14-7-5-9-16-15-8-4-3-6-13(15)11-17(14)16/h3-9H,2,10-12H2,1H3. The van der Waals surface area contributed by atoms with Crippen molar-refractivity contribution in [3.63, 3.8) is 0 Å². The van der Waals surface area contributed by atoms with Crippen molar-refractivity contribution in [2.24, 2.45) is 0 Å². The van der Waals surface area contributed by atoms with Crippen molar-refractivity contribution in [1.29, 1.82) is 0 Å². The molecule has 0 spiro atoms. The summed E-state index contributed by atoms with van der Waals surface area (Å²) in [6.45, 7) is 3.73. The first-order valence-corrected chi connectivity index (χ1v) is 6.67. The van der Waals surface area contributed by atoms with Crippen molar-refractivity contribution in [3.05, 3.63) is 59.2 Å². The summed E-state index contributed by atoms with van der Waals surface area (Å²) in [4.78, 5) is 0. The van der Waals surface area contributed by atoms with Crippen LogP contribution in [0.4, 0.5) is 0 Å². The van der Waals surface area contributed by atoms with Gasteiger partial charge in [0, 0.05) is 6.61 Å². The second-order valence-electron chi connectivity index (χ2n) is 4.83. The molecule has 0 saturated carbocycles. The van der Waals surface area contributed by atoms with Gasteiger partial charge in [-0.1, -0.05) is 49.4 Å². The summed E-state index contributed by atoms with van der Waals surface area (Å²) in [5.74, 6) is 0. The minimum Gasteiger partial charge on any atom is -0.377 e. The van der Waals surface area contributed by atoms with Gasteiger partial charge in [0.1, 0.15) is 0 Å². The summed E-state index contributed by atoms with van der Waals surface area (Å²) in [7, 11) is 0. The fraction of sp³-hybridized carbons (Fsp3) is 0.294. The van der Waals surface area contributed by atoms with Gasteiger partial charge in [-0.15, -0.1) is 0 Å². The maximum absolute atomic E-state index is 5.69. The summed E-state index contributed by atoms with van der Waals surface area (Å²) >= 11 is 0. The lowest BCUT2D eigenvalue weighted by Crippen LogP contribution is -1.98. The number of hydrogen-bond donors (Lipinski definition) is 0. The molecule has 2 aromatic rings. The van der Waals surface area contributed by atoms with Crippen LogP contribution in [-0.4, -0.2) is 6.61 Å². The lowest BCUT2D eigenvalue weighted by Gasteiger charge is -2.08. The predicted molar refractivity (Wildman–Crippen MR) is 74.6 cm³/mol. The first-order valence-electron chi connectivity index (χ1n) is 6.67. The van der Waals surface area contributed by atoms with E-state index in [1.165, 1.54) is 27.8 Å². The molecule has 1 heteroatoms. The van der Waals surface area contributed by atoms with Crippen LogP contribution >= 0.6 is 0 Å². The molecule has 2 aromatic carbocycles. The normalized spacial score (nSPS) is 12.3. The van der Waals surface area contributed by atoms with Crippen LogP contribution in [0.25, 0.3) is 11.1 Å². The van der Waals surface area contributed by atoms with Crippen LogP contribution in [0.2, 0.25) is 0 Å². The molecular formula is C17H18O. The van der Waals surface area contributed by atoms with Gasteiger partial charge in [-0.2, -0.15) is 0 Å². The van der Waals surface area contributed by atoms with Gasteiger partial charge in [0.25, 0.3) is 0 Å². The van der Waals surface area contributed by atoms with E-state index in [0.717, 1.165) is 26.1 Å². The molecular weight excluding hydrogens is 220 g/mol. The van der Waals surface area contributed by atoms with E-state index in [1.807, 2.05) is 0 Å². The zero-order valence-corrected chi connectivity index (χ0v) is 10.8. The van der Waals surface area contributed by atoms with Gasteiger partial charge < -0.3 is 4.74 Å². The molecule has 3 rings (SSSR count). The van der Waals surface area contributed by atoms with Crippen molar-refractivity contribution in [2.45, 2.75) is 26.4 Å². The summed E-state index contributed by atoms with van der Waals surface area (Å²) in [5, 5.41) is 0. The fourth-order valence-electron chi connectivity index (χ4n) is 2.69. The Morgan fingerprint density at radius 3 is 2.72 bits per heavy atom. The Hall–Kier alpha value is -1.60. The summed E-state index contributed by atoms with van der Waals surface area (Å²) in [6, 6.07) is 15.3. The van der Waals surface area contributed by atoms with Gasteiger partial charge in [0.15, 0.2) is 0 Å². The Morgan fingerprint density at radius 2 is 1.83 bits per heavy atom. The second-order valence-corrected chi connectivity index (χ2v) is 4.83. The average molecular weight is 238 g/mol. The molecule has 0 aliphatic heterocycles. The number of ether oxygens (including phenoxy) is 1. The predicted octanol–water partition coefficient (Wildman–Crippen LogP) is 4.18. The topological polar surface area (TPSA) is 9.23 Å². The van der Waals surface area contributed by atoms with Gasteiger partial charge >= 0.3 is 0 Å². The minimum atomic E-state index is 0.741. The molecule has 0 N–H and O–H groups in total. The highest BCUT2D eigenvalue weighted by molar-refractivity contribution is 5.77. The molecule has 0 amide bonds. The summed E-state index contributed by atoms with van der Waals surface area (Å²) in [6.07, 6.45) is 2.13. The van der Waals surface area contributed by atoms with E-state index < -0.39 is 0 Å². The van der Waals surface area contributed by atoms with Crippen molar-refractivity contribution in [1.82, 2.24) is 0 Å². The van der Waals surface area contributed by atoms with E-state index in [1.54, 1.807) is 0 Å². The van der Waals surface area contributed by atoms with Crippen LogP contribution < -0.4 is 0 Å². The molecule has 1 aliphatic carbocycles. The first-order chi connectivity index (χ1) is 8.90. The molecule has 1 nitrogen and oxygen atoms in total. The Morgan fingerprint density at radius 1 is 1.00 bits per heavy atom. The third-order valence-electron chi connectivity index (χ3n) is 3.55. The van der Waals surface area contributed by atoms with Gasteiger partial charge in [-0.25, -0.2) is 0 Å². The molecule has 92 valence electrons. The van der Waals surface area contributed by atoms with Gasteiger partial charge in [-0.3, -0.25) is 0 Å². The van der Waals surface area contributed by atoms with Gasteiger partial charge in [0.2, 0.25) is 0 Å². The van der Waals surface area contributed by atoms with Crippen LogP contribution in [0.3, 0.4) is 0 Å². The molecule has 0 saturated heterocycles. The third-order valence-corrected chi connectivity index (χ3v) is 3.55. The van der Waals surface area contributed by atoms with Crippen molar-refractivity contribution in [3.8, 4) is 11.1 Å². The molecule has 0 heterocycles. The third kappa shape index (κ3) is 1.95. The molecule has 18 heavy (non-hydrogen) atoms. The molecule has 0 bridgehead atoms. The second kappa shape index (κ2) is 4.95. The van der Waals surface area contributed by atoms with E-state index in [0.29, 0.717) is 0 Å². The fourth-order valence-corrected chi connectivity index (χ4v) is 2.69. The van der Waals surface area contributed by atoms with Gasteiger partial charge in [0.05, 0.1) is 6.61 Å². The van der Waals surface area contributed by atoms with Crippen LogP contribution in [-0.2, 0) is 17.8 Å². The maximum atomic E-state index is 5.69. The number of hydrogen-bond acceptors (Lipinski definition) is 1. The largest absolute Gasteiger partial charge is 0.377 e. The van der Waals surface area contributed by atoms with Crippen LogP contribution in [0.15, 0.2) is 42.5 Å². The molecule has 0 atom stereocenters. The van der Waals surface area contributed by atoms with E-state index in [2.05, 4.69) is 49.4 Å². The lowest BCUT2D eigenvalue weighted by atomic mass is 10.0. The summed E-state index contributed by atoms with van der Waals surface area (Å²) < 4.78 is 5.69. The SMILES string of the molecule is CCCOCc1cccc2c1Cc1ccccc1-2. The number of rotatable bonds is 4. The molecule has 0 radical (unpaired) electrons. The van der Waals surface area contributed by atoms with E-state index in [-0.39, 0.29) is 0 Å². The Labute approximate surface area is 108 Å². The number of fused-ring (bicyclic) bond motifs is 3. The Kier molecular flexibility index (Phi) is 3.16. The van der Waals surface area contributed by atoms with Crippen molar-refractivity contribution < 1.29 is 4.74 Å². The lowest BCUT2D eigenvalue weighted by molar-refractivity contribution is 0.121. The molecule has 0 unspecified atom stereocenters. The summed E-state index contributed by atoms with van der Waals surface area (Å²) in [5.41, 5.74) is 7.02. The maximum Gasteiger partial charge on any atom is 0.0719 e. The van der Waals surface area contributed by atoms with Crippen molar-refractivity contribution >= 4 is 0 Å².